The summed E-state index contributed by atoms with van der Waals surface area (Å²) in [5, 5.41) is 8.55. The van der Waals surface area contributed by atoms with Crippen molar-refractivity contribution in [1.29, 1.82) is 0 Å². The van der Waals surface area contributed by atoms with E-state index >= 15 is 0 Å². The number of benzene rings is 1. The maximum atomic E-state index is 12.7. The number of rotatable bonds is 1. The summed E-state index contributed by atoms with van der Waals surface area (Å²) < 4.78 is 49.2. The lowest BCUT2D eigenvalue weighted by Crippen LogP contribution is -2.14. The number of hydrogen-bond acceptors (Lipinski definition) is 1. The average molecular weight is 287 g/mol. The summed E-state index contributed by atoms with van der Waals surface area (Å²) in [6.45, 7) is 0. The highest BCUT2D eigenvalue weighted by molar-refractivity contribution is 9.10. The number of aromatic carboxylic acids is 1. The van der Waals surface area contributed by atoms with Gasteiger partial charge in [-0.1, -0.05) is 0 Å². The first kappa shape index (κ1) is 12.0. The van der Waals surface area contributed by atoms with E-state index in [1.807, 2.05) is 0 Å². The second-order valence-electron chi connectivity index (χ2n) is 2.61. The highest BCUT2D eigenvalue weighted by Gasteiger charge is 2.37. The van der Waals surface area contributed by atoms with E-state index < -0.39 is 33.6 Å². The molecule has 1 rings (SSSR count). The quantitative estimate of drug-likeness (QED) is 0.805. The molecule has 1 aromatic carbocycles. The number of halogens is 5. The Bertz CT molecular complexity index is 414. The van der Waals surface area contributed by atoms with Crippen molar-refractivity contribution in [3.8, 4) is 0 Å². The van der Waals surface area contributed by atoms with Crippen molar-refractivity contribution in [2.75, 3.05) is 0 Å². The summed E-state index contributed by atoms with van der Waals surface area (Å²) in [6, 6.07) is 0.812. The van der Waals surface area contributed by atoms with E-state index in [2.05, 4.69) is 15.9 Å². The zero-order valence-corrected chi connectivity index (χ0v) is 8.49. The van der Waals surface area contributed by atoms with Crippen molar-refractivity contribution >= 4 is 21.9 Å². The summed E-state index contributed by atoms with van der Waals surface area (Å²) in [7, 11) is 0. The molecule has 1 aromatic rings. The molecule has 0 spiro atoms. The molecule has 0 radical (unpaired) electrons. The standard InChI is InChI=1S/C8H3BrF4O2/c9-5-2-3(10)1-4(8(11,12)13)6(5)7(14)15/h1-2H,(H,14,15). The topological polar surface area (TPSA) is 37.3 Å². The molecule has 0 fully saturated rings. The van der Waals surface area contributed by atoms with Gasteiger partial charge in [-0.2, -0.15) is 13.2 Å². The van der Waals surface area contributed by atoms with Crippen LogP contribution in [0.1, 0.15) is 15.9 Å². The van der Waals surface area contributed by atoms with Crippen LogP contribution in [0.3, 0.4) is 0 Å². The van der Waals surface area contributed by atoms with Gasteiger partial charge in [0.05, 0.1) is 11.1 Å². The Labute approximate surface area is 89.6 Å². The number of alkyl halides is 3. The third kappa shape index (κ3) is 2.47. The van der Waals surface area contributed by atoms with Crippen molar-refractivity contribution in [3.05, 3.63) is 33.5 Å². The van der Waals surface area contributed by atoms with Crippen molar-refractivity contribution in [1.82, 2.24) is 0 Å². The van der Waals surface area contributed by atoms with Gasteiger partial charge in [0.1, 0.15) is 5.82 Å². The van der Waals surface area contributed by atoms with Crippen molar-refractivity contribution in [3.63, 3.8) is 0 Å². The minimum Gasteiger partial charge on any atom is -0.478 e. The molecule has 0 heterocycles. The predicted octanol–water partition coefficient (Wildman–Crippen LogP) is 3.31. The summed E-state index contributed by atoms with van der Waals surface area (Å²) in [5.74, 6) is -2.92. The molecule has 0 amide bonds. The molecular formula is C8H3BrF4O2. The minimum atomic E-state index is -4.90. The van der Waals surface area contributed by atoms with E-state index in [9.17, 15) is 22.4 Å². The molecule has 0 saturated carbocycles. The summed E-state index contributed by atoms with van der Waals surface area (Å²) in [6.07, 6.45) is -4.90. The number of carboxylic acids is 1. The normalized spacial score (nSPS) is 11.5. The van der Waals surface area contributed by atoms with E-state index in [4.69, 9.17) is 5.11 Å². The molecule has 0 unspecified atom stereocenters. The minimum absolute atomic E-state index is 0.147. The highest BCUT2D eigenvalue weighted by Crippen LogP contribution is 2.35. The molecule has 0 bridgehead atoms. The Morgan fingerprint density at radius 3 is 2.27 bits per heavy atom. The summed E-state index contributed by atoms with van der Waals surface area (Å²) in [4.78, 5) is 10.5. The van der Waals surface area contributed by atoms with E-state index in [1.165, 1.54) is 0 Å². The lowest BCUT2D eigenvalue weighted by atomic mass is 10.1. The third-order valence-corrected chi connectivity index (χ3v) is 2.20. The van der Waals surface area contributed by atoms with Crippen LogP contribution in [0.2, 0.25) is 0 Å². The Kier molecular flexibility index (Phi) is 3.03. The van der Waals surface area contributed by atoms with Gasteiger partial charge in [0, 0.05) is 4.47 Å². The van der Waals surface area contributed by atoms with Crippen LogP contribution in [-0.2, 0) is 6.18 Å². The van der Waals surface area contributed by atoms with Crippen LogP contribution in [-0.4, -0.2) is 11.1 Å². The second kappa shape index (κ2) is 3.80. The first-order valence-corrected chi connectivity index (χ1v) is 4.32. The summed E-state index contributed by atoms with van der Waals surface area (Å²) in [5.41, 5.74) is -2.51. The van der Waals surface area contributed by atoms with Gasteiger partial charge in [0.25, 0.3) is 0 Å². The van der Waals surface area contributed by atoms with Crippen LogP contribution >= 0.6 is 15.9 Å². The van der Waals surface area contributed by atoms with Gasteiger partial charge in [0.2, 0.25) is 0 Å². The predicted molar refractivity (Wildman–Crippen MR) is 46.1 cm³/mol. The van der Waals surface area contributed by atoms with Gasteiger partial charge < -0.3 is 5.11 Å². The molecule has 7 heteroatoms. The van der Waals surface area contributed by atoms with Gasteiger partial charge >= 0.3 is 12.1 Å². The Balaban J connectivity index is 3.54. The van der Waals surface area contributed by atoms with Gasteiger partial charge in [0.15, 0.2) is 0 Å². The zero-order valence-electron chi connectivity index (χ0n) is 6.90. The highest BCUT2D eigenvalue weighted by atomic mass is 79.9. The van der Waals surface area contributed by atoms with E-state index in [0.717, 1.165) is 0 Å². The molecule has 82 valence electrons. The Hall–Kier alpha value is -1.11. The van der Waals surface area contributed by atoms with Gasteiger partial charge in [-0.05, 0) is 28.1 Å². The monoisotopic (exact) mass is 286 g/mol. The first-order valence-electron chi connectivity index (χ1n) is 3.53. The molecular weight excluding hydrogens is 284 g/mol. The first-order chi connectivity index (χ1) is 6.73. The molecule has 2 nitrogen and oxygen atoms in total. The molecule has 0 aromatic heterocycles. The smallest absolute Gasteiger partial charge is 0.417 e. The fourth-order valence-electron chi connectivity index (χ4n) is 1.01. The van der Waals surface area contributed by atoms with Crippen molar-refractivity contribution in [2.24, 2.45) is 0 Å². The van der Waals surface area contributed by atoms with Crippen LogP contribution in [0.4, 0.5) is 17.6 Å². The molecule has 15 heavy (non-hydrogen) atoms. The van der Waals surface area contributed by atoms with E-state index in [0.29, 0.717) is 6.07 Å². The van der Waals surface area contributed by atoms with Crippen molar-refractivity contribution in [2.45, 2.75) is 6.18 Å². The molecule has 1 N–H and O–H groups in total. The molecule has 0 atom stereocenters. The second-order valence-corrected chi connectivity index (χ2v) is 3.47. The van der Waals surface area contributed by atoms with Gasteiger partial charge in [-0.15, -0.1) is 0 Å². The number of carboxylic acid groups (broad SMARTS) is 1. The average Bonchev–Trinajstić information content (AvgIpc) is 1.99. The zero-order chi connectivity index (χ0) is 11.8. The number of hydrogen-bond donors (Lipinski definition) is 1. The summed E-state index contributed by atoms with van der Waals surface area (Å²) >= 11 is 2.57. The van der Waals surface area contributed by atoms with Crippen LogP contribution in [0.5, 0.6) is 0 Å². The van der Waals surface area contributed by atoms with Crippen LogP contribution in [0.15, 0.2) is 16.6 Å². The molecule has 0 saturated heterocycles. The lowest BCUT2D eigenvalue weighted by Gasteiger charge is -2.11. The SMILES string of the molecule is O=C(O)c1c(Br)cc(F)cc1C(F)(F)F. The van der Waals surface area contributed by atoms with E-state index in [1.54, 1.807) is 0 Å². The molecule has 0 aliphatic rings. The van der Waals surface area contributed by atoms with Crippen molar-refractivity contribution < 1.29 is 27.5 Å². The Morgan fingerprint density at radius 1 is 1.33 bits per heavy atom. The van der Waals surface area contributed by atoms with Crippen LogP contribution in [0.25, 0.3) is 0 Å². The Morgan fingerprint density at radius 2 is 1.87 bits per heavy atom. The van der Waals surface area contributed by atoms with E-state index in [-0.39, 0.29) is 6.07 Å². The largest absolute Gasteiger partial charge is 0.478 e. The maximum Gasteiger partial charge on any atom is 0.417 e. The third-order valence-electron chi connectivity index (χ3n) is 1.57. The maximum absolute atomic E-state index is 12.7. The lowest BCUT2D eigenvalue weighted by molar-refractivity contribution is -0.138. The molecule has 0 aliphatic carbocycles. The molecule has 0 aliphatic heterocycles. The fourth-order valence-corrected chi connectivity index (χ4v) is 1.62. The van der Waals surface area contributed by atoms with Crippen LogP contribution in [0, 0.1) is 5.82 Å². The van der Waals surface area contributed by atoms with Gasteiger partial charge in [-0.25, -0.2) is 9.18 Å². The number of carbonyl (C=O) groups is 1. The van der Waals surface area contributed by atoms with Crippen LogP contribution < -0.4 is 0 Å². The fraction of sp³-hybridized carbons (Fsp3) is 0.125. The van der Waals surface area contributed by atoms with Gasteiger partial charge in [-0.3, -0.25) is 0 Å².